The van der Waals surface area contributed by atoms with Gasteiger partial charge in [0.05, 0.1) is 5.60 Å². The molecule has 0 heterocycles. The van der Waals surface area contributed by atoms with E-state index in [1.165, 1.54) is 0 Å². The van der Waals surface area contributed by atoms with Crippen molar-refractivity contribution >= 4 is 11.6 Å². The highest BCUT2D eigenvalue weighted by molar-refractivity contribution is 5.92. The second kappa shape index (κ2) is 6.68. The van der Waals surface area contributed by atoms with Crippen molar-refractivity contribution in [2.24, 2.45) is 0 Å². The summed E-state index contributed by atoms with van der Waals surface area (Å²) in [5, 5.41) is 6.06. The highest BCUT2D eigenvalue weighted by Crippen LogP contribution is 2.22. The summed E-state index contributed by atoms with van der Waals surface area (Å²) in [6.07, 6.45) is 0. The van der Waals surface area contributed by atoms with Crippen LogP contribution in [0.2, 0.25) is 0 Å². The van der Waals surface area contributed by atoms with Gasteiger partial charge in [-0.3, -0.25) is 4.79 Å². The molecule has 0 saturated carbocycles. The molecule has 0 saturated heterocycles. The van der Waals surface area contributed by atoms with Gasteiger partial charge in [-0.05, 0) is 46.4 Å². The van der Waals surface area contributed by atoms with Gasteiger partial charge in [0.15, 0.2) is 0 Å². The molecule has 4 heteroatoms. The Morgan fingerprint density at radius 2 is 1.95 bits per heavy atom. The van der Waals surface area contributed by atoms with Crippen molar-refractivity contribution in [1.82, 2.24) is 5.32 Å². The van der Waals surface area contributed by atoms with Gasteiger partial charge in [0, 0.05) is 11.7 Å². The monoisotopic (exact) mass is 264 g/mol. The van der Waals surface area contributed by atoms with Crippen LogP contribution >= 0.6 is 0 Å². The molecule has 106 valence electrons. The van der Waals surface area contributed by atoms with Crippen LogP contribution in [0.15, 0.2) is 24.3 Å². The van der Waals surface area contributed by atoms with E-state index in [9.17, 15) is 4.79 Å². The van der Waals surface area contributed by atoms with Crippen molar-refractivity contribution in [1.29, 1.82) is 0 Å². The zero-order valence-electron chi connectivity index (χ0n) is 12.4. The number of para-hydroxylation sites is 1. The lowest BCUT2D eigenvalue weighted by molar-refractivity contribution is -0.125. The van der Waals surface area contributed by atoms with Gasteiger partial charge in [0.25, 0.3) is 0 Å². The Morgan fingerprint density at radius 3 is 2.53 bits per heavy atom. The van der Waals surface area contributed by atoms with Gasteiger partial charge in [-0.1, -0.05) is 18.2 Å². The fourth-order valence-electron chi connectivity index (χ4n) is 1.61. The van der Waals surface area contributed by atoms with Crippen LogP contribution in [0.5, 0.6) is 0 Å². The van der Waals surface area contributed by atoms with Gasteiger partial charge < -0.3 is 15.4 Å². The molecule has 4 nitrogen and oxygen atoms in total. The molecule has 19 heavy (non-hydrogen) atoms. The molecule has 0 fully saturated rings. The summed E-state index contributed by atoms with van der Waals surface area (Å²) in [5.41, 5.74) is 1.58. The first-order valence-electron chi connectivity index (χ1n) is 6.53. The summed E-state index contributed by atoms with van der Waals surface area (Å²) in [7, 11) is 1.89. The molecule has 1 aromatic carbocycles. The molecular formula is C15H24N2O2. The molecule has 0 radical (unpaired) electrons. The number of carbonyl (C=O) groups is 1. The minimum atomic E-state index is -0.310. The topological polar surface area (TPSA) is 50.4 Å². The van der Waals surface area contributed by atoms with Gasteiger partial charge in [0.1, 0.15) is 6.61 Å². The largest absolute Gasteiger partial charge is 0.366 e. The lowest BCUT2D eigenvalue weighted by Crippen LogP contribution is -2.27. The lowest BCUT2D eigenvalue weighted by Gasteiger charge is -2.20. The third-order valence-electron chi connectivity index (χ3n) is 2.77. The first-order chi connectivity index (χ1) is 8.83. The summed E-state index contributed by atoms with van der Waals surface area (Å²) >= 11 is 0. The van der Waals surface area contributed by atoms with Crippen LogP contribution < -0.4 is 10.6 Å². The number of amides is 1. The summed E-state index contributed by atoms with van der Waals surface area (Å²) < 4.78 is 5.46. The van der Waals surface area contributed by atoms with Crippen LogP contribution in [0.4, 0.5) is 5.69 Å². The predicted molar refractivity (Wildman–Crippen MR) is 78.3 cm³/mol. The Labute approximate surface area is 115 Å². The van der Waals surface area contributed by atoms with Gasteiger partial charge >= 0.3 is 0 Å². The average molecular weight is 264 g/mol. The first kappa shape index (κ1) is 15.7. The Bertz CT molecular complexity index is 424. The Hall–Kier alpha value is -1.39. The Kier molecular flexibility index (Phi) is 5.51. The summed E-state index contributed by atoms with van der Waals surface area (Å²) in [6.45, 7) is 7.90. The van der Waals surface area contributed by atoms with Crippen molar-refractivity contribution in [3.63, 3.8) is 0 Å². The molecule has 1 atom stereocenters. The molecule has 0 aromatic heterocycles. The summed E-state index contributed by atoms with van der Waals surface area (Å²) in [6, 6.07) is 7.95. The molecule has 0 aliphatic rings. The fourth-order valence-corrected chi connectivity index (χ4v) is 1.61. The molecule has 1 rings (SSSR count). The number of rotatable bonds is 5. The van der Waals surface area contributed by atoms with Gasteiger partial charge in [-0.25, -0.2) is 0 Å². The van der Waals surface area contributed by atoms with E-state index >= 15 is 0 Å². The zero-order chi connectivity index (χ0) is 14.5. The molecule has 1 aromatic rings. The second-order valence-electron chi connectivity index (χ2n) is 5.55. The smallest absolute Gasteiger partial charge is 0.250 e. The van der Waals surface area contributed by atoms with Crippen molar-refractivity contribution in [3.8, 4) is 0 Å². The van der Waals surface area contributed by atoms with Gasteiger partial charge in [-0.2, -0.15) is 0 Å². The third-order valence-corrected chi connectivity index (χ3v) is 2.77. The summed E-state index contributed by atoms with van der Waals surface area (Å²) in [5.74, 6) is -0.134. The van der Waals surface area contributed by atoms with E-state index in [1.54, 1.807) is 0 Å². The average Bonchev–Trinajstić information content (AvgIpc) is 2.35. The standard InChI is InChI=1S/C15H24N2O2/c1-11(16-5)12-8-6-7-9-13(12)17-14(18)10-19-15(2,3)4/h6-9,11,16H,10H2,1-5H3,(H,17,18). The Morgan fingerprint density at radius 1 is 1.32 bits per heavy atom. The number of nitrogens with one attached hydrogen (secondary N) is 2. The lowest BCUT2D eigenvalue weighted by atomic mass is 10.1. The molecule has 0 bridgehead atoms. The molecule has 1 amide bonds. The van der Waals surface area contributed by atoms with Crippen LogP contribution in [0.3, 0.4) is 0 Å². The maximum absolute atomic E-state index is 11.9. The molecular weight excluding hydrogens is 240 g/mol. The molecule has 0 aliphatic heterocycles. The van der Waals surface area contributed by atoms with Crippen LogP contribution in [0.25, 0.3) is 0 Å². The van der Waals surface area contributed by atoms with Crippen molar-refractivity contribution in [2.45, 2.75) is 39.3 Å². The van der Waals surface area contributed by atoms with Gasteiger partial charge in [-0.15, -0.1) is 0 Å². The first-order valence-corrected chi connectivity index (χ1v) is 6.53. The zero-order valence-corrected chi connectivity index (χ0v) is 12.4. The summed E-state index contributed by atoms with van der Waals surface area (Å²) in [4.78, 5) is 11.9. The normalized spacial score (nSPS) is 13.1. The van der Waals surface area contributed by atoms with Crippen LogP contribution in [0, 0.1) is 0 Å². The molecule has 0 spiro atoms. The van der Waals surface area contributed by atoms with Crippen molar-refractivity contribution in [2.75, 3.05) is 19.0 Å². The molecule has 2 N–H and O–H groups in total. The molecule has 1 unspecified atom stereocenters. The predicted octanol–water partition coefficient (Wildman–Crippen LogP) is 2.72. The van der Waals surface area contributed by atoms with E-state index in [-0.39, 0.29) is 24.2 Å². The van der Waals surface area contributed by atoms with Gasteiger partial charge in [0.2, 0.25) is 5.91 Å². The highest BCUT2D eigenvalue weighted by Gasteiger charge is 2.14. The number of carbonyl (C=O) groups excluding carboxylic acids is 1. The number of anilines is 1. The highest BCUT2D eigenvalue weighted by atomic mass is 16.5. The van der Waals surface area contributed by atoms with Crippen LogP contribution in [-0.2, 0) is 9.53 Å². The SMILES string of the molecule is CNC(C)c1ccccc1NC(=O)COC(C)(C)C. The fraction of sp³-hybridized carbons (Fsp3) is 0.533. The quantitative estimate of drug-likeness (QED) is 0.859. The minimum absolute atomic E-state index is 0.0613. The maximum Gasteiger partial charge on any atom is 0.250 e. The number of benzene rings is 1. The van der Waals surface area contributed by atoms with E-state index in [4.69, 9.17) is 4.74 Å². The van der Waals surface area contributed by atoms with Crippen LogP contribution in [-0.4, -0.2) is 25.2 Å². The number of hydrogen-bond acceptors (Lipinski definition) is 3. The molecule has 0 aliphatic carbocycles. The van der Waals surface area contributed by atoms with E-state index in [1.807, 2.05) is 52.1 Å². The maximum atomic E-state index is 11.9. The number of ether oxygens (including phenoxy) is 1. The van der Waals surface area contributed by atoms with E-state index in [2.05, 4.69) is 17.6 Å². The Balaban J connectivity index is 2.69. The van der Waals surface area contributed by atoms with E-state index in [0.29, 0.717) is 0 Å². The van der Waals surface area contributed by atoms with E-state index < -0.39 is 0 Å². The van der Waals surface area contributed by atoms with Crippen LogP contribution in [0.1, 0.15) is 39.3 Å². The van der Waals surface area contributed by atoms with E-state index in [0.717, 1.165) is 11.3 Å². The third kappa shape index (κ3) is 5.41. The second-order valence-corrected chi connectivity index (χ2v) is 5.55. The van der Waals surface area contributed by atoms with Crippen molar-refractivity contribution < 1.29 is 9.53 Å². The number of hydrogen-bond donors (Lipinski definition) is 2. The van der Waals surface area contributed by atoms with Crippen molar-refractivity contribution in [3.05, 3.63) is 29.8 Å². The minimum Gasteiger partial charge on any atom is -0.366 e.